The topological polar surface area (TPSA) is 59.0 Å². The Labute approximate surface area is 125 Å². The summed E-state index contributed by atoms with van der Waals surface area (Å²) in [6.45, 7) is 8.75. The molecule has 2 rings (SSSR count). The first-order valence-electron chi connectivity index (χ1n) is 7.16. The van der Waals surface area contributed by atoms with Gasteiger partial charge >= 0.3 is 0 Å². The van der Waals surface area contributed by atoms with E-state index in [2.05, 4.69) is 22.7 Å². The van der Waals surface area contributed by atoms with Crippen LogP contribution in [0.15, 0.2) is 30.6 Å². The van der Waals surface area contributed by atoms with Gasteiger partial charge in [-0.05, 0) is 51.0 Å². The number of nitrogens with one attached hydrogen (secondary N) is 2. The summed E-state index contributed by atoms with van der Waals surface area (Å²) < 4.78 is 1.82. The second-order valence-corrected chi connectivity index (χ2v) is 5.24. The highest BCUT2D eigenvalue weighted by atomic mass is 16.2. The number of anilines is 2. The van der Waals surface area contributed by atoms with Crippen molar-refractivity contribution in [2.75, 3.05) is 10.6 Å². The predicted molar refractivity (Wildman–Crippen MR) is 85.5 cm³/mol. The number of carbonyl (C=O) groups excluding carboxylic acids is 1. The molecule has 0 saturated carbocycles. The number of hydrogen-bond acceptors (Lipinski definition) is 3. The van der Waals surface area contributed by atoms with Gasteiger partial charge in [-0.1, -0.05) is 6.07 Å². The van der Waals surface area contributed by atoms with Crippen molar-refractivity contribution in [1.29, 1.82) is 0 Å². The van der Waals surface area contributed by atoms with Crippen molar-refractivity contribution >= 4 is 17.3 Å². The minimum atomic E-state index is -0.332. The minimum Gasteiger partial charge on any atom is -0.371 e. The third-order valence-corrected chi connectivity index (χ3v) is 3.51. The average Bonchev–Trinajstić information content (AvgIpc) is 2.90. The standard InChI is InChI=1S/C16H22N4O/c1-5-20-10-15(9-17-20)18-13(4)16(21)19-14-7-6-11(2)12(3)8-14/h6-10,13,18H,5H2,1-4H3,(H,19,21). The second kappa shape index (κ2) is 6.43. The van der Waals surface area contributed by atoms with Crippen molar-refractivity contribution in [3.8, 4) is 0 Å². The van der Waals surface area contributed by atoms with Crippen LogP contribution in [0.4, 0.5) is 11.4 Å². The molecule has 2 N–H and O–H groups in total. The Bertz CT molecular complexity index is 633. The molecule has 1 heterocycles. The third kappa shape index (κ3) is 3.84. The number of hydrogen-bond donors (Lipinski definition) is 2. The molecule has 0 saturated heterocycles. The van der Waals surface area contributed by atoms with Crippen LogP contribution in [0.25, 0.3) is 0 Å². The summed E-state index contributed by atoms with van der Waals surface area (Å²) in [4.78, 5) is 12.2. The number of amides is 1. The van der Waals surface area contributed by atoms with Gasteiger partial charge in [-0.15, -0.1) is 0 Å². The summed E-state index contributed by atoms with van der Waals surface area (Å²) >= 11 is 0. The maximum Gasteiger partial charge on any atom is 0.246 e. The Balaban J connectivity index is 1.97. The molecule has 0 aliphatic heterocycles. The molecular formula is C16H22N4O. The fraction of sp³-hybridized carbons (Fsp3) is 0.375. The monoisotopic (exact) mass is 286 g/mol. The van der Waals surface area contributed by atoms with Crippen LogP contribution in [0.2, 0.25) is 0 Å². The Morgan fingerprint density at radius 3 is 2.67 bits per heavy atom. The van der Waals surface area contributed by atoms with Crippen LogP contribution in [-0.2, 0) is 11.3 Å². The number of aromatic nitrogens is 2. The molecule has 0 spiro atoms. The molecule has 1 atom stereocenters. The van der Waals surface area contributed by atoms with E-state index in [4.69, 9.17) is 0 Å². The van der Waals surface area contributed by atoms with Crippen LogP contribution < -0.4 is 10.6 Å². The Kier molecular flexibility index (Phi) is 4.62. The lowest BCUT2D eigenvalue weighted by atomic mass is 10.1. The van der Waals surface area contributed by atoms with Crippen molar-refractivity contribution in [3.63, 3.8) is 0 Å². The van der Waals surface area contributed by atoms with Gasteiger partial charge in [0.25, 0.3) is 0 Å². The SMILES string of the molecule is CCn1cc(NC(C)C(=O)Nc2ccc(C)c(C)c2)cn1. The van der Waals surface area contributed by atoms with Gasteiger partial charge in [0.2, 0.25) is 5.91 Å². The molecule has 5 nitrogen and oxygen atoms in total. The van der Waals surface area contributed by atoms with Crippen molar-refractivity contribution in [3.05, 3.63) is 41.7 Å². The van der Waals surface area contributed by atoms with Crippen LogP contribution in [0.3, 0.4) is 0 Å². The number of aryl methyl sites for hydroxylation is 3. The van der Waals surface area contributed by atoms with Gasteiger partial charge in [0.1, 0.15) is 6.04 Å². The molecule has 0 aliphatic rings. The molecule has 0 radical (unpaired) electrons. The molecule has 1 unspecified atom stereocenters. The van der Waals surface area contributed by atoms with Crippen LogP contribution in [0.1, 0.15) is 25.0 Å². The van der Waals surface area contributed by atoms with Crippen LogP contribution in [-0.4, -0.2) is 21.7 Å². The largest absolute Gasteiger partial charge is 0.371 e. The van der Waals surface area contributed by atoms with Crippen LogP contribution in [0.5, 0.6) is 0 Å². The van der Waals surface area contributed by atoms with E-state index in [1.54, 1.807) is 6.20 Å². The van der Waals surface area contributed by atoms with E-state index in [1.165, 1.54) is 5.56 Å². The smallest absolute Gasteiger partial charge is 0.246 e. The highest BCUT2D eigenvalue weighted by Gasteiger charge is 2.13. The zero-order chi connectivity index (χ0) is 15.4. The average molecular weight is 286 g/mol. The first-order chi connectivity index (χ1) is 9.99. The van der Waals surface area contributed by atoms with Gasteiger partial charge in [-0.2, -0.15) is 5.10 Å². The molecule has 2 aromatic rings. The van der Waals surface area contributed by atoms with Crippen molar-refractivity contribution in [1.82, 2.24) is 9.78 Å². The number of nitrogens with zero attached hydrogens (tertiary/aromatic N) is 2. The Morgan fingerprint density at radius 1 is 1.29 bits per heavy atom. The fourth-order valence-corrected chi connectivity index (χ4v) is 2.00. The van der Waals surface area contributed by atoms with E-state index in [1.807, 2.05) is 49.8 Å². The van der Waals surface area contributed by atoms with Gasteiger partial charge < -0.3 is 10.6 Å². The molecule has 21 heavy (non-hydrogen) atoms. The summed E-state index contributed by atoms with van der Waals surface area (Å²) in [5.74, 6) is -0.0671. The molecule has 1 amide bonds. The highest BCUT2D eigenvalue weighted by molar-refractivity contribution is 5.96. The van der Waals surface area contributed by atoms with Gasteiger partial charge in [0.05, 0.1) is 11.9 Å². The molecule has 0 bridgehead atoms. The normalized spacial score (nSPS) is 12.0. The third-order valence-electron chi connectivity index (χ3n) is 3.51. The minimum absolute atomic E-state index is 0.0671. The summed E-state index contributed by atoms with van der Waals surface area (Å²) in [5, 5.41) is 10.2. The van der Waals surface area contributed by atoms with Crippen LogP contribution >= 0.6 is 0 Å². The quantitative estimate of drug-likeness (QED) is 0.888. The molecule has 1 aromatic carbocycles. The second-order valence-electron chi connectivity index (χ2n) is 5.24. The van der Waals surface area contributed by atoms with Gasteiger partial charge in [-0.25, -0.2) is 0 Å². The summed E-state index contributed by atoms with van der Waals surface area (Å²) in [6.07, 6.45) is 3.61. The molecule has 5 heteroatoms. The molecular weight excluding hydrogens is 264 g/mol. The van der Waals surface area contributed by atoms with Crippen LogP contribution in [0, 0.1) is 13.8 Å². The van der Waals surface area contributed by atoms with E-state index in [-0.39, 0.29) is 11.9 Å². The van der Waals surface area contributed by atoms with Gasteiger partial charge in [-0.3, -0.25) is 9.48 Å². The maximum absolute atomic E-state index is 12.2. The van der Waals surface area contributed by atoms with E-state index < -0.39 is 0 Å². The lowest BCUT2D eigenvalue weighted by Crippen LogP contribution is -2.31. The number of benzene rings is 1. The fourth-order valence-electron chi connectivity index (χ4n) is 2.00. The Morgan fingerprint density at radius 2 is 2.05 bits per heavy atom. The zero-order valence-corrected chi connectivity index (χ0v) is 13.0. The lowest BCUT2D eigenvalue weighted by Gasteiger charge is -2.14. The van der Waals surface area contributed by atoms with Crippen molar-refractivity contribution in [2.24, 2.45) is 0 Å². The van der Waals surface area contributed by atoms with E-state index in [9.17, 15) is 4.79 Å². The Hall–Kier alpha value is -2.30. The van der Waals surface area contributed by atoms with E-state index in [0.29, 0.717) is 0 Å². The zero-order valence-electron chi connectivity index (χ0n) is 13.0. The van der Waals surface area contributed by atoms with Crippen molar-refractivity contribution in [2.45, 2.75) is 40.3 Å². The first-order valence-corrected chi connectivity index (χ1v) is 7.16. The van der Waals surface area contributed by atoms with E-state index in [0.717, 1.165) is 23.5 Å². The molecule has 0 aliphatic carbocycles. The molecule has 1 aromatic heterocycles. The highest BCUT2D eigenvalue weighted by Crippen LogP contribution is 2.15. The van der Waals surface area contributed by atoms with E-state index >= 15 is 0 Å². The maximum atomic E-state index is 12.2. The molecule has 112 valence electrons. The number of rotatable bonds is 5. The molecule has 0 fully saturated rings. The summed E-state index contributed by atoms with van der Waals surface area (Å²) in [7, 11) is 0. The van der Waals surface area contributed by atoms with Gasteiger partial charge in [0, 0.05) is 18.4 Å². The summed E-state index contributed by atoms with van der Waals surface area (Å²) in [6, 6.07) is 5.58. The summed E-state index contributed by atoms with van der Waals surface area (Å²) in [5.41, 5.74) is 4.05. The van der Waals surface area contributed by atoms with Gasteiger partial charge in [0.15, 0.2) is 0 Å². The predicted octanol–water partition coefficient (Wildman–Crippen LogP) is 2.96. The lowest BCUT2D eigenvalue weighted by molar-refractivity contribution is -0.116. The number of carbonyl (C=O) groups is 1. The van der Waals surface area contributed by atoms with Crippen molar-refractivity contribution < 1.29 is 4.79 Å². The first kappa shape index (κ1) is 15.1.